The van der Waals surface area contributed by atoms with Crippen molar-refractivity contribution in [2.45, 2.75) is 11.3 Å². The first-order chi connectivity index (χ1) is 8.78. The van der Waals surface area contributed by atoms with E-state index in [1.54, 1.807) is 0 Å². The number of oxime groups is 1. The molecule has 0 bridgehead atoms. The Kier molecular flexibility index (Phi) is 5.42. The molecule has 9 heteroatoms. The maximum atomic E-state index is 12.2. The minimum atomic E-state index is -3.77. The van der Waals surface area contributed by atoms with Crippen LogP contribution in [0, 0.1) is 0 Å². The van der Waals surface area contributed by atoms with Crippen molar-refractivity contribution in [1.29, 1.82) is 0 Å². The molecule has 0 radical (unpaired) electrons. The van der Waals surface area contributed by atoms with Gasteiger partial charge in [0, 0.05) is 25.0 Å². The number of amidine groups is 1. The summed E-state index contributed by atoms with van der Waals surface area (Å²) < 4.78 is 25.5. The third kappa shape index (κ3) is 3.97. The first kappa shape index (κ1) is 16.0. The lowest BCUT2D eigenvalue weighted by Gasteiger charge is -2.17. The zero-order chi connectivity index (χ0) is 14.6. The molecule has 0 atom stereocenters. The monoisotopic (exact) mass is 325 g/mol. The van der Waals surface area contributed by atoms with E-state index >= 15 is 0 Å². The summed E-state index contributed by atoms with van der Waals surface area (Å²) in [5.74, 6) is -0.0563. The highest BCUT2D eigenvalue weighted by Crippen LogP contribution is 2.27. The Morgan fingerprint density at radius 1 is 1.47 bits per heavy atom. The van der Waals surface area contributed by atoms with Gasteiger partial charge in [0.1, 0.15) is 10.7 Å². The third-order valence-corrected chi connectivity index (χ3v) is 4.97. The molecule has 0 aromatic heterocycles. The van der Waals surface area contributed by atoms with Crippen LogP contribution in [0.1, 0.15) is 6.42 Å². The molecule has 0 heterocycles. The van der Waals surface area contributed by atoms with E-state index in [4.69, 9.17) is 34.1 Å². The summed E-state index contributed by atoms with van der Waals surface area (Å²) in [7, 11) is -2.40. The van der Waals surface area contributed by atoms with Gasteiger partial charge in [0.25, 0.3) is 0 Å². The van der Waals surface area contributed by atoms with Gasteiger partial charge in [0.05, 0.1) is 5.02 Å². The van der Waals surface area contributed by atoms with Gasteiger partial charge in [-0.1, -0.05) is 28.4 Å². The van der Waals surface area contributed by atoms with Crippen molar-refractivity contribution < 1.29 is 13.6 Å². The van der Waals surface area contributed by atoms with Gasteiger partial charge in [0.2, 0.25) is 10.0 Å². The second kappa shape index (κ2) is 6.42. The molecule has 0 fully saturated rings. The van der Waals surface area contributed by atoms with Crippen molar-refractivity contribution in [3.05, 3.63) is 28.2 Å². The fourth-order valence-electron chi connectivity index (χ4n) is 1.28. The molecule has 0 saturated heterocycles. The summed E-state index contributed by atoms with van der Waals surface area (Å²) in [6.45, 7) is 0.0566. The van der Waals surface area contributed by atoms with Crippen molar-refractivity contribution in [2.24, 2.45) is 10.9 Å². The lowest BCUT2D eigenvalue weighted by Crippen LogP contribution is -2.30. The number of sulfonamides is 1. The number of hydrogen-bond acceptors (Lipinski definition) is 4. The molecule has 6 nitrogen and oxygen atoms in total. The Morgan fingerprint density at radius 3 is 2.68 bits per heavy atom. The van der Waals surface area contributed by atoms with E-state index in [1.165, 1.54) is 25.2 Å². The smallest absolute Gasteiger partial charge is 0.244 e. The molecule has 0 spiro atoms. The van der Waals surface area contributed by atoms with Crippen LogP contribution in [0.2, 0.25) is 10.0 Å². The molecule has 1 aromatic rings. The van der Waals surface area contributed by atoms with Crippen molar-refractivity contribution in [1.82, 2.24) is 4.31 Å². The lowest BCUT2D eigenvalue weighted by molar-refractivity contribution is 0.316. The summed E-state index contributed by atoms with van der Waals surface area (Å²) >= 11 is 11.6. The maximum absolute atomic E-state index is 12.2. The molecule has 0 unspecified atom stereocenters. The molecular weight excluding hydrogens is 313 g/mol. The molecule has 3 N–H and O–H groups in total. The number of nitrogens with two attached hydrogens (primary N) is 1. The first-order valence-electron chi connectivity index (χ1n) is 5.17. The summed E-state index contributed by atoms with van der Waals surface area (Å²) in [6.07, 6.45) is 0.102. The summed E-state index contributed by atoms with van der Waals surface area (Å²) in [4.78, 5) is -0.0799. The highest BCUT2D eigenvalue weighted by atomic mass is 35.5. The largest absolute Gasteiger partial charge is 0.409 e. The number of benzene rings is 1. The Bertz CT molecular complexity index is 590. The first-order valence-corrected chi connectivity index (χ1v) is 7.36. The van der Waals surface area contributed by atoms with E-state index in [9.17, 15) is 8.42 Å². The highest BCUT2D eigenvalue weighted by Gasteiger charge is 2.23. The Morgan fingerprint density at radius 2 is 2.11 bits per heavy atom. The fraction of sp³-hybridized carbons (Fsp3) is 0.300. The lowest BCUT2D eigenvalue weighted by atomic mass is 10.4. The minimum Gasteiger partial charge on any atom is -0.409 e. The second-order valence-corrected chi connectivity index (χ2v) is 6.60. The number of rotatable bonds is 5. The molecule has 1 rings (SSSR count). The molecule has 0 amide bonds. The van der Waals surface area contributed by atoms with Gasteiger partial charge in [-0.25, -0.2) is 12.7 Å². The van der Waals surface area contributed by atoms with E-state index < -0.39 is 10.0 Å². The van der Waals surface area contributed by atoms with Gasteiger partial charge in [-0.3, -0.25) is 0 Å². The van der Waals surface area contributed by atoms with Crippen LogP contribution in [0.25, 0.3) is 0 Å². The molecular formula is C10H13Cl2N3O3S. The second-order valence-electron chi connectivity index (χ2n) is 3.74. The SMILES string of the molecule is CN(CC/C(N)=N/O)S(=O)(=O)c1cc(Cl)ccc1Cl. The standard InChI is InChI=1S/C10H13Cl2N3O3S/c1-15(5-4-10(13)14-16)19(17,18)9-6-7(11)2-3-8(9)12/h2-3,6,16H,4-5H2,1H3,(H2,13,14). The van der Waals surface area contributed by atoms with E-state index in [0.717, 1.165) is 4.31 Å². The Hall–Kier alpha value is -1.02. The van der Waals surface area contributed by atoms with Crippen molar-refractivity contribution in [3.8, 4) is 0 Å². The van der Waals surface area contributed by atoms with Crippen LogP contribution in [0.4, 0.5) is 0 Å². The van der Waals surface area contributed by atoms with Crippen LogP contribution in [0.15, 0.2) is 28.3 Å². The molecule has 1 aromatic carbocycles. The molecule has 0 saturated carbocycles. The van der Waals surface area contributed by atoms with E-state index in [1.807, 2.05) is 0 Å². The molecule has 0 aliphatic carbocycles. The molecule has 106 valence electrons. The van der Waals surface area contributed by atoms with E-state index in [2.05, 4.69) is 5.16 Å². The average molecular weight is 326 g/mol. The zero-order valence-corrected chi connectivity index (χ0v) is 12.4. The maximum Gasteiger partial charge on any atom is 0.244 e. The topological polar surface area (TPSA) is 96.0 Å². The number of nitrogens with zero attached hydrogens (tertiary/aromatic N) is 2. The van der Waals surface area contributed by atoms with Crippen LogP contribution in [0.5, 0.6) is 0 Å². The Labute approximate surface area is 121 Å². The number of hydrogen-bond donors (Lipinski definition) is 2. The molecule has 0 aliphatic rings. The highest BCUT2D eigenvalue weighted by molar-refractivity contribution is 7.89. The fourth-order valence-corrected chi connectivity index (χ4v) is 3.19. The van der Waals surface area contributed by atoms with Crippen LogP contribution in [-0.2, 0) is 10.0 Å². The third-order valence-electron chi connectivity index (χ3n) is 2.39. The average Bonchev–Trinajstić information content (AvgIpc) is 2.37. The van der Waals surface area contributed by atoms with Gasteiger partial charge in [0.15, 0.2) is 0 Å². The number of halogens is 2. The van der Waals surface area contributed by atoms with Crippen LogP contribution in [0.3, 0.4) is 0 Å². The zero-order valence-electron chi connectivity index (χ0n) is 10.0. The van der Waals surface area contributed by atoms with Crippen LogP contribution < -0.4 is 5.73 Å². The molecule has 0 aliphatic heterocycles. The summed E-state index contributed by atoms with van der Waals surface area (Å²) in [6, 6.07) is 4.19. The van der Waals surface area contributed by atoms with Crippen LogP contribution >= 0.6 is 23.2 Å². The van der Waals surface area contributed by atoms with Crippen molar-refractivity contribution in [2.75, 3.05) is 13.6 Å². The van der Waals surface area contributed by atoms with E-state index in [0.29, 0.717) is 0 Å². The minimum absolute atomic E-state index is 0.0563. The van der Waals surface area contributed by atoms with Crippen molar-refractivity contribution >= 4 is 39.1 Å². The molecule has 19 heavy (non-hydrogen) atoms. The van der Waals surface area contributed by atoms with Gasteiger partial charge < -0.3 is 10.9 Å². The Balaban J connectivity index is 3.00. The van der Waals surface area contributed by atoms with E-state index in [-0.39, 0.29) is 33.7 Å². The van der Waals surface area contributed by atoms with Crippen molar-refractivity contribution in [3.63, 3.8) is 0 Å². The van der Waals surface area contributed by atoms with Gasteiger partial charge in [-0.05, 0) is 18.2 Å². The predicted molar refractivity (Wildman–Crippen MR) is 74.3 cm³/mol. The van der Waals surface area contributed by atoms with Crippen LogP contribution in [-0.4, -0.2) is 37.4 Å². The predicted octanol–water partition coefficient (Wildman–Crippen LogP) is 1.75. The van der Waals surface area contributed by atoms with Gasteiger partial charge in [-0.2, -0.15) is 0 Å². The van der Waals surface area contributed by atoms with Gasteiger partial charge >= 0.3 is 0 Å². The van der Waals surface area contributed by atoms with Gasteiger partial charge in [-0.15, -0.1) is 0 Å². The quantitative estimate of drug-likeness (QED) is 0.373. The normalized spacial score (nSPS) is 12.9. The summed E-state index contributed by atoms with van der Waals surface area (Å²) in [5.41, 5.74) is 5.29. The summed E-state index contributed by atoms with van der Waals surface area (Å²) in [5, 5.41) is 11.5.